The molecular formula is C17H20BrNO2. The van der Waals surface area contributed by atoms with Crippen molar-refractivity contribution in [3.8, 4) is 11.5 Å². The molecule has 2 aromatic carbocycles. The molecule has 0 unspecified atom stereocenters. The van der Waals surface area contributed by atoms with Gasteiger partial charge in [0, 0.05) is 16.7 Å². The number of benzene rings is 2. The summed E-state index contributed by atoms with van der Waals surface area (Å²) in [5.74, 6) is 1.53. The van der Waals surface area contributed by atoms with Crippen molar-refractivity contribution >= 4 is 21.6 Å². The molecule has 0 saturated carbocycles. The lowest BCUT2D eigenvalue weighted by Gasteiger charge is -2.14. The highest BCUT2D eigenvalue weighted by Gasteiger charge is 2.10. The minimum Gasteiger partial charge on any atom is -0.493 e. The maximum absolute atomic E-state index is 5.70. The average Bonchev–Trinajstić information content (AvgIpc) is 2.52. The quantitative estimate of drug-likeness (QED) is 0.774. The largest absolute Gasteiger partial charge is 0.493 e. The van der Waals surface area contributed by atoms with Gasteiger partial charge in [0.05, 0.1) is 13.7 Å². The Bertz CT molecular complexity index is 573. The number of anilines is 1. The van der Waals surface area contributed by atoms with E-state index in [0.717, 1.165) is 40.2 Å². The first kappa shape index (κ1) is 15.7. The van der Waals surface area contributed by atoms with E-state index in [1.807, 2.05) is 42.5 Å². The first-order valence-electron chi connectivity index (χ1n) is 7.02. The number of rotatable bonds is 7. The summed E-state index contributed by atoms with van der Waals surface area (Å²) in [6, 6.07) is 14.1. The highest BCUT2D eigenvalue weighted by molar-refractivity contribution is 9.10. The van der Waals surface area contributed by atoms with Crippen LogP contribution in [0.25, 0.3) is 0 Å². The molecule has 0 aliphatic rings. The van der Waals surface area contributed by atoms with Crippen molar-refractivity contribution in [1.29, 1.82) is 0 Å². The van der Waals surface area contributed by atoms with Crippen molar-refractivity contribution in [1.82, 2.24) is 0 Å². The Morgan fingerprint density at radius 3 is 2.52 bits per heavy atom. The van der Waals surface area contributed by atoms with Gasteiger partial charge in [0.1, 0.15) is 0 Å². The summed E-state index contributed by atoms with van der Waals surface area (Å²) >= 11 is 3.60. The van der Waals surface area contributed by atoms with Crippen LogP contribution in [0.4, 0.5) is 5.69 Å². The highest BCUT2D eigenvalue weighted by Crippen LogP contribution is 2.34. The summed E-state index contributed by atoms with van der Waals surface area (Å²) < 4.78 is 12.1. The van der Waals surface area contributed by atoms with Crippen LogP contribution in [0.3, 0.4) is 0 Å². The van der Waals surface area contributed by atoms with Gasteiger partial charge in [-0.2, -0.15) is 0 Å². The van der Waals surface area contributed by atoms with Gasteiger partial charge in [-0.05, 0) is 36.2 Å². The van der Waals surface area contributed by atoms with Gasteiger partial charge in [0.2, 0.25) is 0 Å². The molecule has 0 fully saturated rings. The van der Waals surface area contributed by atoms with Gasteiger partial charge >= 0.3 is 0 Å². The number of halogens is 1. The molecular weight excluding hydrogens is 330 g/mol. The first-order valence-corrected chi connectivity index (χ1v) is 7.82. The Morgan fingerprint density at radius 1 is 1.10 bits per heavy atom. The van der Waals surface area contributed by atoms with E-state index in [2.05, 4.69) is 28.2 Å². The fourth-order valence-electron chi connectivity index (χ4n) is 1.95. The second kappa shape index (κ2) is 7.93. The van der Waals surface area contributed by atoms with E-state index >= 15 is 0 Å². The molecule has 0 amide bonds. The lowest BCUT2D eigenvalue weighted by molar-refractivity contribution is 0.294. The molecule has 0 radical (unpaired) electrons. The fourth-order valence-corrected chi connectivity index (χ4v) is 2.41. The Kier molecular flexibility index (Phi) is 5.93. The van der Waals surface area contributed by atoms with Crippen LogP contribution in [-0.2, 0) is 6.54 Å². The van der Waals surface area contributed by atoms with Crippen molar-refractivity contribution in [2.24, 2.45) is 0 Å². The van der Waals surface area contributed by atoms with Crippen LogP contribution in [0.15, 0.2) is 46.9 Å². The Balaban J connectivity index is 2.12. The number of hydrogen-bond donors (Lipinski definition) is 1. The Hall–Kier alpha value is -1.68. The molecule has 0 aliphatic heterocycles. The van der Waals surface area contributed by atoms with E-state index in [4.69, 9.17) is 9.47 Å². The molecule has 2 rings (SSSR count). The van der Waals surface area contributed by atoms with Crippen LogP contribution in [-0.4, -0.2) is 13.7 Å². The molecule has 0 aliphatic carbocycles. The molecule has 1 N–H and O–H groups in total. The van der Waals surface area contributed by atoms with Gasteiger partial charge in [-0.25, -0.2) is 0 Å². The van der Waals surface area contributed by atoms with Gasteiger partial charge in [-0.1, -0.05) is 41.1 Å². The minimum absolute atomic E-state index is 0.685. The molecule has 0 spiro atoms. The van der Waals surface area contributed by atoms with E-state index < -0.39 is 0 Å². The predicted octanol–water partition coefficient (Wildman–Crippen LogP) is 4.86. The maximum Gasteiger partial charge on any atom is 0.162 e. The molecule has 0 heterocycles. The zero-order valence-electron chi connectivity index (χ0n) is 12.4. The summed E-state index contributed by atoms with van der Waals surface area (Å²) in [4.78, 5) is 0. The molecule has 0 bridgehead atoms. The lowest BCUT2D eigenvalue weighted by atomic mass is 10.2. The van der Waals surface area contributed by atoms with Crippen molar-refractivity contribution < 1.29 is 9.47 Å². The number of hydrogen-bond acceptors (Lipinski definition) is 3. The molecule has 2 aromatic rings. The zero-order valence-corrected chi connectivity index (χ0v) is 13.9. The van der Waals surface area contributed by atoms with E-state index in [9.17, 15) is 0 Å². The monoisotopic (exact) mass is 349 g/mol. The number of nitrogens with one attached hydrogen (secondary N) is 1. The molecule has 4 heteroatoms. The van der Waals surface area contributed by atoms with Crippen molar-refractivity contribution in [2.75, 3.05) is 19.0 Å². The van der Waals surface area contributed by atoms with Crippen LogP contribution < -0.4 is 14.8 Å². The SMILES string of the molecule is CCCOc1cc(Br)c(CNc2ccccc2)cc1OC. The van der Waals surface area contributed by atoms with Gasteiger partial charge < -0.3 is 14.8 Å². The smallest absolute Gasteiger partial charge is 0.162 e. The number of methoxy groups -OCH3 is 1. The molecule has 21 heavy (non-hydrogen) atoms. The highest BCUT2D eigenvalue weighted by atomic mass is 79.9. The second-order valence-electron chi connectivity index (χ2n) is 4.66. The first-order chi connectivity index (χ1) is 10.2. The van der Waals surface area contributed by atoms with E-state index in [-0.39, 0.29) is 0 Å². The molecule has 112 valence electrons. The van der Waals surface area contributed by atoms with Crippen molar-refractivity contribution in [3.63, 3.8) is 0 Å². The maximum atomic E-state index is 5.70. The minimum atomic E-state index is 0.685. The Morgan fingerprint density at radius 2 is 1.86 bits per heavy atom. The fraction of sp³-hybridized carbons (Fsp3) is 0.294. The normalized spacial score (nSPS) is 10.2. The molecule has 0 saturated heterocycles. The van der Waals surface area contributed by atoms with Gasteiger partial charge in [-0.15, -0.1) is 0 Å². The second-order valence-corrected chi connectivity index (χ2v) is 5.52. The van der Waals surface area contributed by atoms with E-state index in [1.165, 1.54) is 0 Å². The molecule has 0 aromatic heterocycles. The van der Waals surface area contributed by atoms with E-state index in [0.29, 0.717) is 6.61 Å². The Labute approximate surface area is 134 Å². The number of para-hydroxylation sites is 1. The summed E-state index contributed by atoms with van der Waals surface area (Å²) in [5, 5.41) is 3.39. The van der Waals surface area contributed by atoms with Crippen LogP contribution >= 0.6 is 15.9 Å². The summed E-state index contributed by atoms with van der Waals surface area (Å²) in [5.41, 5.74) is 2.22. The summed E-state index contributed by atoms with van der Waals surface area (Å²) in [6.07, 6.45) is 0.970. The van der Waals surface area contributed by atoms with E-state index in [1.54, 1.807) is 7.11 Å². The lowest BCUT2D eigenvalue weighted by Crippen LogP contribution is -2.03. The third kappa shape index (κ3) is 4.39. The van der Waals surface area contributed by atoms with Crippen LogP contribution in [0.1, 0.15) is 18.9 Å². The van der Waals surface area contributed by atoms with Gasteiger partial charge in [0.25, 0.3) is 0 Å². The molecule has 3 nitrogen and oxygen atoms in total. The number of ether oxygens (including phenoxy) is 2. The summed E-state index contributed by atoms with van der Waals surface area (Å²) in [6.45, 7) is 3.49. The molecule has 0 atom stereocenters. The standard InChI is InChI=1S/C17H20BrNO2/c1-3-9-21-17-11-15(18)13(10-16(17)20-2)12-19-14-7-5-4-6-8-14/h4-8,10-11,19H,3,9,12H2,1-2H3. The third-order valence-corrected chi connectivity index (χ3v) is 3.79. The summed E-state index contributed by atoms with van der Waals surface area (Å²) in [7, 11) is 1.66. The van der Waals surface area contributed by atoms with Crippen LogP contribution in [0.2, 0.25) is 0 Å². The topological polar surface area (TPSA) is 30.5 Å². The van der Waals surface area contributed by atoms with Gasteiger partial charge in [-0.3, -0.25) is 0 Å². The van der Waals surface area contributed by atoms with Crippen molar-refractivity contribution in [2.45, 2.75) is 19.9 Å². The average molecular weight is 350 g/mol. The third-order valence-electron chi connectivity index (χ3n) is 3.05. The van der Waals surface area contributed by atoms with Gasteiger partial charge in [0.15, 0.2) is 11.5 Å². The van der Waals surface area contributed by atoms with Crippen LogP contribution in [0.5, 0.6) is 11.5 Å². The van der Waals surface area contributed by atoms with Crippen molar-refractivity contribution in [3.05, 3.63) is 52.5 Å². The van der Waals surface area contributed by atoms with Crippen LogP contribution in [0, 0.1) is 0 Å². The zero-order chi connectivity index (χ0) is 15.1. The predicted molar refractivity (Wildman–Crippen MR) is 90.2 cm³/mol.